The first kappa shape index (κ1) is 11.4. The van der Waals surface area contributed by atoms with Gasteiger partial charge in [-0.15, -0.1) is 0 Å². The third-order valence-electron chi connectivity index (χ3n) is 3.12. The van der Waals surface area contributed by atoms with Crippen molar-refractivity contribution in [2.24, 2.45) is 5.92 Å². The summed E-state index contributed by atoms with van der Waals surface area (Å²) in [5, 5.41) is 1.55. The van der Waals surface area contributed by atoms with Gasteiger partial charge in [-0.3, -0.25) is 0 Å². The molecule has 16 heavy (non-hydrogen) atoms. The summed E-state index contributed by atoms with van der Waals surface area (Å²) in [6.45, 7) is 7.18. The Labute approximate surface area is 99.7 Å². The average molecular weight is 228 g/mol. The summed E-state index contributed by atoms with van der Waals surface area (Å²) in [4.78, 5) is 0. The van der Waals surface area contributed by atoms with Crippen LogP contribution < -0.4 is 5.19 Å². The van der Waals surface area contributed by atoms with Crippen molar-refractivity contribution in [1.82, 2.24) is 0 Å². The van der Waals surface area contributed by atoms with Gasteiger partial charge in [0.15, 0.2) is 0 Å². The quantitative estimate of drug-likeness (QED) is 0.694. The fourth-order valence-electron chi connectivity index (χ4n) is 2.03. The van der Waals surface area contributed by atoms with Gasteiger partial charge in [-0.05, 0) is 17.9 Å². The van der Waals surface area contributed by atoms with Crippen LogP contribution in [0.4, 0.5) is 0 Å². The molecule has 0 bridgehead atoms. The molecule has 0 atom stereocenters. The fraction of sp³-hybridized carbons (Fsp3) is 0.333. The average Bonchev–Trinajstić information content (AvgIpc) is 2.70. The van der Waals surface area contributed by atoms with Gasteiger partial charge in [-0.1, -0.05) is 73.4 Å². The molecule has 0 spiro atoms. The predicted octanol–water partition coefficient (Wildman–Crippen LogP) is 3.52. The van der Waals surface area contributed by atoms with Crippen LogP contribution in [0.25, 0.3) is 0 Å². The minimum absolute atomic E-state index is 0.609. The van der Waals surface area contributed by atoms with Crippen LogP contribution in [-0.4, -0.2) is 8.07 Å². The second kappa shape index (κ2) is 4.42. The first-order valence-corrected chi connectivity index (χ1v) is 9.50. The van der Waals surface area contributed by atoms with Crippen LogP contribution in [0.3, 0.4) is 0 Å². The lowest BCUT2D eigenvalue weighted by atomic mass is 10.0. The number of hydrogen-bond donors (Lipinski definition) is 0. The van der Waals surface area contributed by atoms with E-state index in [1.54, 1.807) is 5.19 Å². The molecule has 0 saturated carbocycles. The number of hydrogen-bond acceptors (Lipinski definition) is 0. The second-order valence-electron chi connectivity index (χ2n) is 5.58. The monoisotopic (exact) mass is 228 g/mol. The van der Waals surface area contributed by atoms with Gasteiger partial charge in [0, 0.05) is 0 Å². The maximum Gasteiger partial charge on any atom is 0.0775 e. The molecule has 1 heteroatoms. The van der Waals surface area contributed by atoms with Gasteiger partial charge >= 0.3 is 0 Å². The third-order valence-corrected chi connectivity index (χ3v) is 5.18. The molecular formula is C15H20Si. The Hall–Kier alpha value is -1.08. The zero-order valence-electron chi connectivity index (χ0n) is 10.4. The van der Waals surface area contributed by atoms with E-state index in [9.17, 15) is 0 Å². The van der Waals surface area contributed by atoms with Crippen molar-refractivity contribution in [2.75, 3.05) is 0 Å². The normalized spacial score (nSPS) is 15.9. The van der Waals surface area contributed by atoms with E-state index >= 15 is 0 Å². The van der Waals surface area contributed by atoms with Crippen LogP contribution >= 0.6 is 0 Å². The molecular weight excluding hydrogens is 208 g/mol. The van der Waals surface area contributed by atoms with Gasteiger partial charge in [0.1, 0.15) is 0 Å². The minimum atomic E-state index is -1.13. The summed E-state index contributed by atoms with van der Waals surface area (Å²) >= 11 is 0. The molecule has 0 saturated heterocycles. The molecule has 84 valence electrons. The highest BCUT2D eigenvalue weighted by Gasteiger charge is 2.15. The standard InChI is InChI=1S/C15H20Si/c1-16(2,3)15-10-8-14(9-11-15)12-13-6-4-5-7-13/h4-11,13H,12H2,1-3H3. The van der Waals surface area contributed by atoms with E-state index in [0.29, 0.717) is 5.92 Å². The van der Waals surface area contributed by atoms with Crippen molar-refractivity contribution in [1.29, 1.82) is 0 Å². The van der Waals surface area contributed by atoms with E-state index in [4.69, 9.17) is 0 Å². The highest BCUT2D eigenvalue weighted by Crippen LogP contribution is 2.15. The van der Waals surface area contributed by atoms with Crippen LogP contribution in [0.2, 0.25) is 19.6 Å². The summed E-state index contributed by atoms with van der Waals surface area (Å²) in [7, 11) is -1.13. The van der Waals surface area contributed by atoms with Gasteiger partial charge in [0.25, 0.3) is 0 Å². The molecule has 0 N–H and O–H groups in total. The lowest BCUT2D eigenvalue weighted by molar-refractivity contribution is 0.816. The van der Waals surface area contributed by atoms with Crippen LogP contribution in [0.15, 0.2) is 48.6 Å². The topological polar surface area (TPSA) is 0 Å². The predicted molar refractivity (Wildman–Crippen MR) is 74.9 cm³/mol. The summed E-state index contributed by atoms with van der Waals surface area (Å²) in [6, 6.07) is 9.25. The lowest BCUT2D eigenvalue weighted by Crippen LogP contribution is -2.37. The number of rotatable bonds is 3. The Kier molecular flexibility index (Phi) is 3.15. The molecule has 1 aromatic rings. The maximum atomic E-state index is 2.39. The molecule has 2 rings (SSSR count). The van der Waals surface area contributed by atoms with Crippen LogP contribution in [0, 0.1) is 5.92 Å². The molecule has 0 aromatic heterocycles. The Balaban J connectivity index is 2.07. The Morgan fingerprint density at radius 3 is 2.00 bits per heavy atom. The fourth-order valence-corrected chi connectivity index (χ4v) is 3.19. The SMILES string of the molecule is C[Si](C)(C)c1ccc(CC2C=CC=C2)cc1. The van der Waals surface area contributed by atoms with E-state index in [1.165, 1.54) is 5.56 Å². The lowest BCUT2D eigenvalue weighted by Gasteiger charge is -2.17. The highest BCUT2D eigenvalue weighted by molar-refractivity contribution is 6.88. The molecule has 0 radical (unpaired) electrons. The molecule has 0 unspecified atom stereocenters. The van der Waals surface area contributed by atoms with Crippen LogP contribution in [0.1, 0.15) is 5.56 Å². The van der Waals surface area contributed by atoms with Crippen molar-refractivity contribution in [3.05, 3.63) is 54.1 Å². The molecule has 1 aliphatic rings. The Morgan fingerprint density at radius 2 is 1.50 bits per heavy atom. The molecule has 1 aliphatic carbocycles. The molecule has 0 fully saturated rings. The molecule has 1 aromatic carbocycles. The van der Waals surface area contributed by atoms with Gasteiger partial charge in [-0.25, -0.2) is 0 Å². The van der Waals surface area contributed by atoms with Crippen molar-refractivity contribution >= 4 is 13.3 Å². The summed E-state index contributed by atoms with van der Waals surface area (Å²) in [5.74, 6) is 0.609. The maximum absolute atomic E-state index is 2.39. The zero-order valence-corrected chi connectivity index (χ0v) is 11.4. The van der Waals surface area contributed by atoms with E-state index in [0.717, 1.165) is 6.42 Å². The van der Waals surface area contributed by atoms with Crippen molar-refractivity contribution in [3.63, 3.8) is 0 Å². The van der Waals surface area contributed by atoms with Crippen molar-refractivity contribution in [2.45, 2.75) is 26.1 Å². The first-order chi connectivity index (χ1) is 7.55. The van der Waals surface area contributed by atoms with Crippen LogP contribution in [0.5, 0.6) is 0 Å². The third kappa shape index (κ3) is 2.73. The summed E-state index contributed by atoms with van der Waals surface area (Å²) < 4.78 is 0. The number of benzene rings is 1. The van der Waals surface area contributed by atoms with Crippen molar-refractivity contribution in [3.8, 4) is 0 Å². The molecule has 0 nitrogen and oxygen atoms in total. The minimum Gasteiger partial charge on any atom is -0.0773 e. The molecule has 0 aliphatic heterocycles. The molecule has 0 heterocycles. The Morgan fingerprint density at radius 1 is 0.938 bits per heavy atom. The van der Waals surface area contributed by atoms with E-state index in [2.05, 4.69) is 68.2 Å². The molecule has 0 amide bonds. The van der Waals surface area contributed by atoms with Gasteiger partial charge < -0.3 is 0 Å². The zero-order chi connectivity index (χ0) is 11.6. The number of allylic oxidation sites excluding steroid dienone is 4. The second-order valence-corrected chi connectivity index (χ2v) is 10.7. The largest absolute Gasteiger partial charge is 0.0775 e. The van der Waals surface area contributed by atoms with Gasteiger partial charge in [-0.2, -0.15) is 0 Å². The first-order valence-electron chi connectivity index (χ1n) is 6.00. The Bertz CT molecular complexity index is 392. The smallest absolute Gasteiger partial charge is 0.0773 e. The van der Waals surface area contributed by atoms with Crippen LogP contribution in [-0.2, 0) is 6.42 Å². The summed E-state index contributed by atoms with van der Waals surface area (Å²) in [5.41, 5.74) is 1.45. The summed E-state index contributed by atoms with van der Waals surface area (Å²) in [6.07, 6.45) is 9.96. The van der Waals surface area contributed by atoms with Gasteiger partial charge in [0.2, 0.25) is 0 Å². The van der Waals surface area contributed by atoms with Crippen molar-refractivity contribution < 1.29 is 0 Å². The van der Waals surface area contributed by atoms with E-state index in [1.807, 2.05) is 0 Å². The van der Waals surface area contributed by atoms with E-state index < -0.39 is 8.07 Å². The highest BCUT2D eigenvalue weighted by atomic mass is 28.3. The van der Waals surface area contributed by atoms with E-state index in [-0.39, 0.29) is 0 Å². The van der Waals surface area contributed by atoms with Gasteiger partial charge in [0.05, 0.1) is 8.07 Å².